The Balaban J connectivity index is 0.000000180. The molecule has 34 heavy (non-hydrogen) atoms. The van der Waals surface area contributed by atoms with E-state index in [0.29, 0.717) is 28.6 Å². The molecule has 1 aliphatic rings. The highest BCUT2D eigenvalue weighted by Crippen LogP contribution is 2.24. The summed E-state index contributed by atoms with van der Waals surface area (Å²) in [5.74, 6) is 5.97. The van der Waals surface area contributed by atoms with Gasteiger partial charge in [0.1, 0.15) is 17.1 Å². The molecule has 0 unspecified atom stereocenters. The van der Waals surface area contributed by atoms with E-state index in [1.54, 1.807) is 17.5 Å². The number of carbonyl (C=O) groups is 1. The first-order valence-corrected chi connectivity index (χ1v) is 11.4. The Morgan fingerprint density at radius 1 is 1.29 bits per heavy atom. The fourth-order valence-corrected chi connectivity index (χ4v) is 4.47. The van der Waals surface area contributed by atoms with Crippen molar-refractivity contribution in [2.45, 2.75) is 20.3 Å². The largest absolute Gasteiger partial charge is 0.381 e. The smallest absolute Gasteiger partial charge is 0.267 e. The second-order valence-corrected chi connectivity index (χ2v) is 8.09. The number of nitrogen functional groups attached to an aromatic ring is 1. The minimum atomic E-state index is -0.568. The molecule has 0 saturated carbocycles. The van der Waals surface area contributed by atoms with Crippen LogP contribution in [0.25, 0.3) is 22.3 Å². The van der Waals surface area contributed by atoms with Crippen molar-refractivity contribution in [3.63, 3.8) is 0 Å². The van der Waals surface area contributed by atoms with E-state index >= 15 is 0 Å². The zero-order chi connectivity index (χ0) is 24.2. The summed E-state index contributed by atoms with van der Waals surface area (Å²) in [7, 11) is 0. The standard InChI is InChI=1S/C17H14N2OS.C7H9N5O/c1-3-8-13-11-21-17-18-14(4-2)15(16(20)19(13)17)12-9-6-5-7-10-12;8-5-4(6(9)13)7-10-2-1-3-12(7)11-5/h5-7,9-11H,4H2,1-2H3;1,3,10H,2H2,(H2,8,11)(H2,9,13). The summed E-state index contributed by atoms with van der Waals surface area (Å²) in [5.41, 5.74) is 14.0. The number of nitrogens with one attached hydrogen (secondary N) is 1. The highest BCUT2D eigenvalue weighted by atomic mass is 32.1. The molecule has 4 heterocycles. The van der Waals surface area contributed by atoms with Crippen LogP contribution in [0, 0.1) is 11.8 Å². The van der Waals surface area contributed by atoms with Crippen LogP contribution < -0.4 is 22.3 Å². The summed E-state index contributed by atoms with van der Waals surface area (Å²) in [4.78, 5) is 29.3. The van der Waals surface area contributed by atoms with Crippen molar-refractivity contribution >= 4 is 40.0 Å². The lowest BCUT2D eigenvalue weighted by Crippen LogP contribution is -2.19. The maximum absolute atomic E-state index is 12.9. The first kappa shape index (κ1) is 22.8. The second-order valence-electron chi connectivity index (χ2n) is 7.26. The van der Waals surface area contributed by atoms with Crippen LogP contribution >= 0.6 is 11.3 Å². The van der Waals surface area contributed by atoms with E-state index in [1.165, 1.54) is 16.0 Å². The molecule has 1 aliphatic heterocycles. The molecule has 0 fully saturated rings. The number of benzene rings is 1. The Hall–Kier alpha value is -4.36. The quantitative estimate of drug-likeness (QED) is 0.392. The van der Waals surface area contributed by atoms with Crippen LogP contribution in [-0.4, -0.2) is 31.6 Å². The van der Waals surface area contributed by atoms with Crippen molar-refractivity contribution in [3.8, 4) is 23.0 Å². The molecule has 0 atom stereocenters. The Kier molecular flexibility index (Phi) is 6.47. The molecule has 0 spiro atoms. The first-order chi connectivity index (χ1) is 16.5. The van der Waals surface area contributed by atoms with E-state index in [1.807, 2.05) is 48.7 Å². The Morgan fingerprint density at radius 3 is 2.74 bits per heavy atom. The molecule has 0 saturated heterocycles. The van der Waals surface area contributed by atoms with Crippen molar-refractivity contribution < 1.29 is 4.79 Å². The number of nitrogens with two attached hydrogens (primary N) is 2. The average Bonchev–Trinajstić information content (AvgIpc) is 3.40. The van der Waals surface area contributed by atoms with Gasteiger partial charge in [0.2, 0.25) is 0 Å². The molecule has 10 heteroatoms. The SMILES string of the molecule is CC#Cc1csc2nc(CC)c(-c3ccccc3)c(=O)n12.NC(=O)c1c(N)nn2c1NCC=C2. The number of anilines is 2. The Morgan fingerprint density at radius 2 is 2.06 bits per heavy atom. The number of aryl methyl sites for hydroxylation is 1. The van der Waals surface area contributed by atoms with E-state index in [0.717, 1.165) is 17.7 Å². The molecule has 0 bridgehead atoms. The van der Waals surface area contributed by atoms with Crippen LogP contribution in [0.4, 0.5) is 11.6 Å². The number of rotatable bonds is 3. The van der Waals surface area contributed by atoms with Gasteiger partial charge in [0.05, 0.1) is 11.3 Å². The molecule has 0 radical (unpaired) electrons. The van der Waals surface area contributed by atoms with Crippen LogP contribution in [0.2, 0.25) is 0 Å². The van der Waals surface area contributed by atoms with Gasteiger partial charge in [0, 0.05) is 18.1 Å². The minimum Gasteiger partial charge on any atom is -0.381 e. The molecule has 5 rings (SSSR count). The highest BCUT2D eigenvalue weighted by Gasteiger charge is 2.20. The fourth-order valence-electron chi connectivity index (χ4n) is 3.64. The maximum atomic E-state index is 12.9. The van der Waals surface area contributed by atoms with Gasteiger partial charge >= 0.3 is 0 Å². The predicted molar refractivity (Wildman–Crippen MR) is 136 cm³/mol. The lowest BCUT2D eigenvalue weighted by Gasteiger charge is -2.09. The third-order valence-electron chi connectivity index (χ3n) is 5.11. The second kappa shape index (κ2) is 9.64. The summed E-state index contributed by atoms with van der Waals surface area (Å²) in [6.07, 6.45) is 4.32. The van der Waals surface area contributed by atoms with Crippen LogP contribution in [0.5, 0.6) is 0 Å². The Bertz CT molecular complexity index is 1520. The first-order valence-electron chi connectivity index (χ1n) is 10.6. The summed E-state index contributed by atoms with van der Waals surface area (Å²) in [6.45, 7) is 4.43. The number of fused-ring (bicyclic) bond motifs is 2. The van der Waals surface area contributed by atoms with Gasteiger partial charge in [-0.15, -0.1) is 16.4 Å². The number of amides is 1. The Labute approximate surface area is 199 Å². The van der Waals surface area contributed by atoms with Crippen molar-refractivity contribution in [1.82, 2.24) is 19.2 Å². The van der Waals surface area contributed by atoms with Gasteiger partial charge in [-0.1, -0.05) is 43.2 Å². The lowest BCUT2D eigenvalue weighted by molar-refractivity contribution is 0.100. The summed E-state index contributed by atoms with van der Waals surface area (Å²) >= 11 is 1.45. The molecule has 3 aromatic heterocycles. The van der Waals surface area contributed by atoms with Crippen molar-refractivity contribution in [2.24, 2.45) is 5.73 Å². The van der Waals surface area contributed by atoms with Crippen LogP contribution in [-0.2, 0) is 6.42 Å². The lowest BCUT2D eigenvalue weighted by atomic mass is 10.0. The molecule has 0 aliphatic carbocycles. The third kappa shape index (κ3) is 4.16. The van der Waals surface area contributed by atoms with Crippen LogP contribution in [0.3, 0.4) is 0 Å². The van der Waals surface area contributed by atoms with Gasteiger partial charge in [0.25, 0.3) is 11.5 Å². The minimum absolute atomic E-state index is 0.0398. The van der Waals surface area contributed by atoms with Crippen molar-refractivity contribution in [2.75, 3.05) is 17.6 Å². The molecule has 1 aromatic carbocycles. The van der Waals surface area contributed by atoms with Crippen LogP contribution in [0.15, 0.2) is 46.6 Å². The third-order valence-corrected chi connectivity index (χ3v) is 5.94. The van der Waals surface area contributed by atoms with Gasteiger partial charge in [-0.2, -0.15) is 0 Å². The number of aromatic nitrogens is 4. The van der Waals surface area contributed by atoms with E-state index in [4.69, 9.17) is 11.5 Å². The number of carbonyl (C=O) groups excluding carboxylic acids is 1. The van der Waals surface area contributed by atoms with E-state index < -0.39 is 5.91 Å². The number of nitrogens with zero attached hydrogens (tertiary/aromatic N) is 4. The number of hydrogen-bond acceptors (Lipinski definition) is 7. The normalized spacial score (nSPS) is 11.6. The highest BCUT2D eigenvalue weighted by molar-refractivity contribution is 7.15. The predicted octanol–water partition coefficient (Wildman–Crippen LogP) is 2.82. The van der Waals surface area contributed by atoms with Gasteiger partial charge in [0.15, 0.2) is 10.8 Å². The molecular formula is C24H23N7O2S. The van der Waals surface area contributed by atoms with E-state index in [9.17, 15) is 9.59 Å². The number of thiazole rings is 1. The summed E-state index contributed by atoms with van der Waals surface area (Å²) < 4.78 is 3.11. The monoisotopic (exact) mass is 473 g/mol. The van der Waals surface area contributed by atoms with Gasteiger partial charge in [-0.05, 0) is 30.9 Å². The van der Waals surface area contributed by atoms with Gasteiger partial charge in [-0.3, -0.25) is 9.59 Å². The summed E-state index contributed by atoms with van der Waals surface area (Å²) in [5, 5.41) is 8.77. The van der Waals surface area contributed by atoms with Crippen LogP contribution in [0.1, 0.15) is 35.6 Å². The van der Waals surface area contributed by atoms with E-state index in [2.05, 4.69) is 27.2 Å². The molecular weight excluding hydrogens is 450 g/mol. The zero-order valence-corrected chi connectivity index (χ0v) is 19.5. The molecule has 9 nitrogen and oxygen atoms in total. The maximum Gasteiger partial charge on any atom is 0.267 e. The van der Waals surface area contributed by atoms with Gasteiger partial charge < -0.3 is 16.8 Å². The average molecular weight is 474 g/mol. The molecule has 172 valence electrons. The van der Waals surface area contributed by atoms with Crippen molar-refractivity contribution in [1.29, 1.82) is 0 Å². The molecule has 5 N–H and O–H groups in total. The molecule has 4 aromatic rings. The van der Waals surface area contributed by atoms with E-state index in [-0.39, 0.29) is 16.9 Å². The molecule has 1 amide bonds. The zero-order valence-electron chi connectivity index (χ0n) is 18.7. The number of hydrogen-bond donors (Lipinski definition) is 3. The summed E-state index contributed by atoms with van der Waals surface area (Å²) in [6, 6.07) is 9.70. The fraction of sp³-hybridized carbons (Fsp3) is 0.167. The van der Waals surface area contributed by atoms with Gasteiger partial charge in [-0.25, -0.2) is 14.1 Å². The number of primary amides is 1. The van der Waals surface area contributed by atoms with Crippen molar-refractivity contribution in [3.05, 3.63) is 69.1 Å². The topological polar surface area (TPSA) is 133 Å².